The van der Waals surface area contributed by atoms with E-state index in [0.717, 1.165) is 18.2 Å². The fourth-order valence-electron chi connectivity index (χ4n) is 2.76. The zero-order valence-corrected chi connectivity index (χ0v) is 13.2. The van der Waals surface area contributed by atoms with Gasteiger partial charge in [-0.25, -0.2) is 26.9 Å². The van der Waals surface area contributed by atoms with E-state index >= 15 is 0 Å². The van der Waals surface area contributed by atoms with Gasteiger partial charge in [-0.05, 0) is 12.1 Å². The lowest BCUT2D eigenvalue weighted by Crippen LogP contribution is -2.34. The number of halogens is 4. The van der Waals surface area contributed by atoms with Crippen molar-refractivity contribution < 1.29 is 27.0 Å². The fourth-order valence-corrected chi connectivity index (χ4v) is 2.76. The molecule has 3 aromatic rings. The lowest BCUT2D eigenvalue weighted by atomic mass is 10.1. The lowest BCUT2D eigenvalue weighted by Gasteiger charge is -2.10. The fraction of sp³-hybridized carbons (Fsp3) is 0.0588. The highest BCUT2D eigenvalue weighted by Crippen LogP contribution is 2.39. The van der Waals surface area contributed by atoms with Crippen molar-refractivity contribution >= 4 is 0 Å². The molecule has 0 saturated carbocycles. The molecule has 138 valence electrons. The standard InChI is InChI=1S/C17H8F4N2O4/c18-7-2-1-3-8(19)13(7)10-5-12(24)23(17(25)22-10)11-4-9(20)15-16(14(11)21)27-6-26-15/h1-5H,6H2,(H,22,25). The number of nitrogens with zero attached hydrogens (tertiary/aromatic N) is 1. The number of hydrogen-bond donors (Lipinski definition) is 1. The summed E-state index contributed by atoms with van der Waals surface area (Å²) in [6.45, 7) is -0.427. The molecule has 1 aliphatic rings. The van der Waals surface area contributed by atoms with Gasteiger partial charge in [0, 0.05) is 12.1 Å². The number of aromatic nitrogens is 2. The smallest absolute Gasteiger partial charge is 0.333 e. The summed E-state index contributed by atoms with van der Waals surface area (Å²) < 4.78 is 66.2. The zero-order valence-electron chi connectivity index (χ0n) is 13.2. The predicted molar refractivity (Wildman–Crippen MR) is 84.1 cm³/mol. The van der Waals surface area contributed by atoms with Crippen LogP contribution < -0.4 is 20.7 Å². The maximum atomic E-state index is 14.5. The molecular weight excluding hydrogens is 372 g/mol. The molecule has 2 heterocycles. The van der Waals surface area contributed by atoms with Crippen molar-refractivity contribution in [3.05, 3.63) is 74.4 Å². The molecule has 1 N–H and O–H groups in total. The monoisotopic (exact) mass is 380 g/mol. The summed E-state index contributed by atoms with van der Waals surface area (Å²) in [5, 5.41) is 0. The number of ether oxygens (including phenoxy) is 2. The van der Waals surface area contributed by atoms with E-state index in [1.165, 1.54) is 0 Å². The SMILES string of the molecule is O=c1cc(-c2c(F)cccc2F)[nH]c(=O)n1-c1cc(F)c2c(c1F)OCO2. The van der Waals surface area contributed by atoms with Crippen LogP contribution in [0.3, 0.4) is 0 Å². The van der Waals surface area contributed by atoms with Gasteiger partial charge in [-0.2, -0.15) is 0 Å². The summed E-state index contributed by atoms with van der Waals surface area (Å²) in [4.78, 5) is 26.8. The summed E-state index contributed by atoms with van der Waals surface area (Å²) in [5.41, 5.74) is -4.16. The van der Waals surface area contributed by atoms with Crippen LogP contribution in [0.25, 0.3) is 16.9 Å². The molecule has 10 heteroatoms. The number of benzene rings is 2. The summed E-state index contributed by atoms with van der Waals surface area (Å²) in [6.07, 6.45) is 0. The van der Waals surface area contributed by atoms with Crippen LogP contribution in [0.2, 0.25) is 0 Å². The largest absolute Gasteiger partial charge is 0.450 e. The van der Waals surface area contributed by atoms with Crippen molar-refractivity contribution in [3.8, 4) is 28.4 Å². The van der Waals surface area contributed by atoms with E-state index in [4.69, 9.17) is 9.47 Å². The molecule has 0 bridgehead atoms. The Kier molecular flexibility index (Phi) is 3.76. The Labute approximate surface area is 147 Å². The second-order valence-corrected chi connectivity index (χ2v) is 5.51. The Bertz CT molecular complexity index is 1150. The van der Waals surface area contributed by atoms with Gasteiger partial charge in [-0.1, -0.05) is 6.07 Å². The molecule has 4 rings (SSSR count). The van der Waals surface area contributed by atoms with Crippen LogP contribution >= 0.6 is 0 Å². The second-order valence-electron chi connectivity index (χ2n) is 5.51. The molecule has 0 unspecified atom stereocenters. The third kappa shape index (κ3) is 2.57. The molecular formula is C17H8F4N2O4. The van der Waals surface area contributed by atoms with Crippen LogP contribution in [0.4, 0.5) is 17.6 Å². The van der Waals surface area contributed by atoms with Crippen molar-refractivity contribution in [1.29, 1.82) is 0 Å². The van der Waals surface area contributed by atoms with E-state index in [0.29, 0.717) is 12.1 Å². The molecule has 6 nitrogen and oxygen atoms in total. The number of rotatable bonds is 2. The van der Waals surface area contributed by atoms with Gasteiger partial charge in [0.15, 0.2) is 11.6 Å². The minimum Gasteiger partial charge on any atom is -0.450 e. The first-order chi connectivity index (χ1) is 12.9. The third-order valence-electron chi connectivity index (χ3n) is 3.92. The predicted octanol–water partition coefficient (Wildman–Crippen LogP) is 2.48. The van der Waals surface area contributed by atoms with Crippen LogP contribution in [-0.2, 0) is 0 Å². The lowest BCUT2D eigenvalue weighted by molar-refractivity contribution is 0.168. The van der Waals surface area contributed by atoms with Gasteiger partial charge in [-0.3, -0.25) is 4.79 Å². The maximum absolute atomic E-state index is 14.5. The number of H-pyrrole nitrogens is 1. The van der Waals surface area contributed by atoms with Crippen LogP contribution in [0.15, 0.2) is 39.9 Å². The van der Waals surface area contributed by atoms with Gasteiger partial charge >= 0.3 is 5.69 Å². The number of aromatic amines is 1. The summed E-state index contributed by atoms with van der Waals surface area (Å²) in [7, 11) is 0. The normalized spacial score (nSPS) is 12.4. The number of fused-ring (bicyclic) bond motifs is 1. The van der Waals surface area contributed by atoms with Gasteiger partial charge in [0.2, 0.25) is 18.3 Å². The van der Waals surface area contributed by atoms with Crippen molar-refractivity contribution in [2.45, 2.75) is 0 Å². The van der Waals surface area contributed by atoms with Crippen LogP contribution in [0, 0.1) is 23.3 Å². The van der Waals surface area contributed by atoms with Crippen LogP contribution in [0.1, 0.15) is 0 Å². The van der Waals surface area contributed by atoms with Gasteiger partial charge in [0.1, 0.15) is 11.6 Å². The van der Waals surface area contributed by atoms with Crippen molar-refractivity contribution in [3.63, 3.8) is 0 Å². The minimum absolute atomic E-state index is 0.280. The van der Waals surface area contributed by atoms with E-state index in [1.807, 2.05) is 0 Å². The van der Waals surface area contributed by atoms with E-state index in [1.54, 1.807) is 0 Å². The third-order valence-corrected chi connectivity index (χ3v) is 3.92. The van der Waals surface area contributed by atoms with Gasteiger partial charge in [-0.15, -0.1) is 0 Å². The Balaban J connectivity index is 1.95. The summed E-state index contributed by atoms with van der Waals surface area (Å²) in [5.74, 6) is -5.33. The van der Waals surface area contributed by atoms with E-state index in [2.05, 4.69) is 4.98 Å². The first-order valence-electron chi connectivity index (χ1n) is 7.47. The summed E-state index contributed by atoms with van der Waals surface area (Å²) >= 11 is 0. The molecule has 0 amide bonds. The van der Waals surface area contributed by atoms with Crippen molar-refractivity contribution in [1.82, 2.24) is 9.55 Å². The molecule has 0 atom stereocenters. The van der Waals surface area contributed by atoms with Gasteiger partial charge in [0.05, 0.1) is 16.9 Å². The highest BCUT2D eigenvalue weighted by Gasteiger charge is 2.28. The van der Waals surface area contributed by atoms with E-state index < -0.39 is 69.8 Å². The van der Waals surface area contributed by atoms with Crippen molar-refractivity contribution in [2.75, 3.05) is 6.79 Å². The molecule has 0 fully saturated rings. The molecule has 1 aliphatic heterocycles. The highest BCUT2D eigenvalue weighted by molar-refractivity contribution is 5.60. The average Bonchev–Trinajstić information content (AvgIpc) is 3.09. The summed E-state index contributed by atoms with van der Waals surface area (Å²) in [6, 6.07) is 4.27. The Morgan fingerprint density at radius 2 is 1.59 bits per heavy atom. The first-order valence-corrected chi connectivity index (χ1v) is 7.47. The first kappa shape index (κ1) is 16.9. The van der Waals surface area contributed by atoms with E-state index in [-0.39, 0.29) is 4.57 Å². The zero-order chi connectivity index (χ0) is 19.3. The molecule has 27 heavy (non-hydrogen) atoms. The number of nitrogens with one attached hydrogen (secondary N) is 1. The second kappa shape index (κ2) is 6.01. The molecule has 0 spiro atoms. The average molecular weight is 380 g/mol. The van der Waals surface area contributed by atoms with Crippen LogP contribution in [-0.4, -0.2) is 16.3 Å². The Morgan fingerprint density at radius 3 is 2.26 bits per heavy atom. The van der Waals surface area contributed by atoms with Crippen molar-refractivity contribution in [2.24, 2.45) is 0 Å². The molecule has 0 radical (unpaired) electrons. The van der Waals surface area contributed by atoms with E-state index in [9.17, 15) is 27.2 Å². The minimum atomic E-state index is -1.22. The Morgan fingerprint density at radius 1 is 0.926 bits per heavy atom. The Hall–Kier alpha value is -3.56. The molecule has 2 aromatic carbocycles. The van der Waals surface area contributed by atoms with Crippen LogP contribution in [0.5, 0.6) is 11.5 Å². The highest BCUT2D eigenvalue weighted by atomic mass is 19.1. The molecule has 0 aliphatic carbocycles. The quantitative estimate of drug-likeness (QED) is 0.694. The van der Waals surface area contributed by atoms with Gasteiger partial charge < -0.3 is 14.5 Å². The maximum Gasteiger partial charge on any atom is 0.333 e. The molecule has 0 saturated heterocycles. The number of hydrogen-bond acceptors (Lipinski definition) is 4. The molecule has 1 aromatic heterocycles. The van der Waals surface area contributed by atoms with Gasteiger partial charge in [0.25, 0.3) is 5.56 Å². The topological polar surface area (TPSA) is 73.3 Å².